The van der Waals surface area contributed by atoms with Gasteiger partial charge in [-0.05, 0) is 43.2 Å². The Morgan fingerprint density at radius 2 is 1.92 bits per heavy atom. The van der Waals surface area contributed by atoms with E-state index >= 15 is 0 Å². The molecule has 0 fully saturated rings. The number of carbonyl (C=O) groups is 1. The summed E-state index contributed by atoms with van der Waals surface area (Å²) >= 11 is 0. The molecule has 0 saturated heterocycles. The van der Waals surface area contributed by atoms with E-state index in [1.807, 2.05) is 37.2 Å². The average molecular weight is 350 g/mol. The Balaban J connectivity index is 1.70. The van der Waals surface area contributed by atoms with Crippen molar-refractivity contribution < 1.29 is 9.21 Å². The molecular formula is C20H22N4O2. The van der Waals surface area contributed by atoms with E-state index in [0.717, 1.165) is 11.3 Å². The molecule has 26 heavy (non-hydrogen) atoms. The number of benzene rings is 2. The smallest absolute Gasteiger partial charge is 0.322 e. The minimum absolute atomic E-state index is 0.102. The number of hydrogen-bond donors (Lipinski definition) is 1. The zero-order valence-corrected chi connectivity index (χ0v) is 15.4. The molecule has 0 aliphatic rings. The molecule has 1 N–H and O–H groups in total. The molecule has 1 amide bonds. The van der Waals surface area contributed by atoms with Crippen LogP contribution in [0.3, 0.4) is 0 Å². The van der Waals surface area contributed by atoms with Crippen LogP contribution in [0.15, 0.2) is 46.9 Å². The van der Waals surface area contributed by atoms with Gasteiger partial charge in [-0.3, -0.25) is 10.1 Å². The highest BCUT2D eigenvalue weighted by Gasteiger charge is 2.13. The highest BCUT2D eigenvalue weighted by Crippen LogP contribution is 2.18. The number of aromatic nitrogens is 2. The van der Waals surface area contributed by atoms with Crippen LogP contribution in [0.1, 0.15) is 32.9 Å². The van der Waals surface area contributed by atoms with Crippen LogP contribution in [0.2, 0.25) is 0 Å². The van der Waals surface area contributed by atoms with Gasteiger partial charge in [-0.2, -0.15) is 0 Å². The Kier molecular flexibility index (Phi) is 5.02. The highest BCUT2D eigenvalue weighted by atomic mass is 16.4. The van der Waals surface area contributed by atoms with Crippen molar-refractivity contribution in [3.05, 3.63) is 70.6 Å². The first-order valence-corrected chi connectivity index (χ1v) is 8.39. The molecular weight excluding hydrogens is 328 g/mol. The Hall–Kier alpha value is -3.15. The molecule has 0 radical (unpaired) electrons. The Morgan fingerprint density at radius 1 is 1.12 bits per heavy atom. The molecule has 6 nitrogen and oxygen atoms in total. The third-order valence-corrected chi connectivity index (χ3v) is 4.15. The van der Waals surface area contributed by atoms with Crippen LogP contribution in [-0.4, -0.2) is 30.2 Å². The molecule has 0 saturated carbocycles. The van der Waals surface area contributed by atoms with Crippen molar-refractivity contribution in [1.29, 1.82) is 0 Å². The summed E-state index contributed by atoms with van der Waals surface area (Å²) in [6.45, 7) is 4.11. The van der Waals surface area contributed by atoms with Crippen molar-refractivity contribution in [2.75, 3.05) is 24.3 Å². The van der Waals surface area contributed by atoms with Crippen molar-refractivity contribution in [2.45, 2.75) is 20.3 Å². The third kappa shape index (κ3) is 4.08. The van der Waals surface area contributed by atoms with Gasteiger partial charge in [0.25, 0.3) is 5.91 Å². The summed E-state index contributed by atoms with van der Waals surface area (Å²) in [6, 6.07) is 13.7. The van der Waals surface area contributed by atoms with Gasteiger partial charge < -0.3 is 9.32 Å². The number of hydrogen-bond acceptors (Lipinski definition) is 5. The van der Waals surface area contributed by atoms with Gasteiger partial charge in [0.2, 0.25) is 5.89 Å². The lowest BCUT2D eigenvalue weighted by molar-refractivity contribution is 0.102. The highest BCUT2D eigenvalue weighted by molar-refractivity contribution is 6.03. The summed E-state index contributed by atoms with van der Waals surface area (Å²) in [7, 11) is 3.85. The van der Waals surface area contributed by atoms with Gasteiger partial charge in [-0.25, -0.2) is 0 Å². The van der Waals surface area contributed by atoms with E-state index in [4.69, 9.17) is 4.42 Å². The lowest BCUT2D eigenvalue weighted by Crippen LogP contribution is -2.14. The number of rotatable bonds is 5. The average Bonchev–Trinajstić information content (AvgIpc) is 3.04. The second kappa shape index (κ2) is 7.39. The molecule has 1 heterocycles. The van der Waals surface area contributed by atoms with Crippen LogP contribution in [0, 0.1) is 13.8 Å². The number of amides is 1. The molecule has 2 aromatic carbocycles. The van der Waals surface area contributed by atoms with Gasteiger partial charge in [0.05, 0.1) is 6.42 Å². The normalized spacial score (nSPS) is 10.6. The van der Waals surface area contributed by atoms with Crippen molar-refractivity contribution in [2.24, 2.45) is 0 Å². The lowest BCUT2D eigenvalue weighted by Gasteiger charge is -2.12. The zero-order chi connectivity index (χ0) is 18.7. The largest absolute Gasteiger partial charge is 0.407 e. The van der Waals surface area contributed by atoms with Crippen LogP contribution in [0.5, 0.6) is 0 Å². The topological polar surface area (TPSA) is 71.3 Å². The molecule has 1 aromatic heterocycles. The second-order valence-corrected chi connectivity index (χ2v) is 6.51. The number of nitrogens with zero attached hydrogens (tertiary/aromatic N) is 3. The van der Waals surface area contributed by atoms with Gasteiger partial charge in [0, 0.05) is 25.3 Å². The van der Waals surface area contributed by atoms with Crippen LogP contribution in [0.4, 0.5) is 11.7 Å². The van der Waals surface area contributed by atoms with E-state index in [0.29, 0.717) is 17.9 Å². The fraction of sp³-hybridized carbons (Fsp3) is 0.250. The number of aryl methyl sites for hydroxylation is 2. The summed E-state index contributed by atoms with van der Waals surface area (Å²) in [4.78, 5) is 14.3. The fourth-order valence-corrected chi connectivity index (χ4v) is 2.68. The molecule has 134 valence electrons. The first-order valence-electron chi connectivity index (χ1n) is 8.39. The van der Waals surface area contributed by atoms with Crippen LogP contribution >= 0.6 is 0 Å². The Bertz CT molecular complexity index is 931. The number of nitrogens with one attached hydrogen (secondary N) is 1. The molecule has 0 atom stereocenters. The number of anilines is 2. The van der Waals surface area contributed by atoms with E-state index in [2.05, 4.69) is 47.6 Å². The van der Waals surface area contributed by atoms with E-state index in [1.165, 1.54) is 11.1 Å². The first-order chi connectivity index (χ1) is 12.4. The summed E-state index contributed by atoms with van der Waals surface area (Å²) in [5, 5.41) is 10.6. The standard InChI is InChI=1S/C20H22N4O2/c1-13-8-9-15(14(2)10-13)12-18-22-23-20(26-18)21-19(25)16-6-5-7-17(11-16)24(3)4/h5-11H,12H2,1-4H3,(H,21,23,25). The maximum Gasteiger partial charge on any atom is 0.322 e. The summed E-state index contributed by atoms with van der Waals surface area (Å²) < 4.78 is 5.58. The van der Waals surface area contributed by atoms with Crippen LogP contribution < -0.4 is 10.2 Å². The molecule has 0 aliphatic carbocycles. The molecule has 0 aliphatic heterocycles. The van der Waals surface area contributed by atoms with Gasteiger partial charge in [0.1, 0.15) is 0 Å². The van der Waals surface area contributed by atoms with Crippen molar-refractivity contribution in [3.63, 3.8) is 0 Å². The maximum absolute atomic E-state index is 12.4. The summed E-state index contributed by atoms with van der Waals surface area (Å²) in [5.74, 6) is 0.185. The Morgan fingerprint density at radius 3 is 2.65 bits per heavy atom. The van der Waals surface area contributed by atoms with Gasteiger partial charge in [-0.1, -0.05) is 34.9 Å². The summed E-state index contributed by atoms with van der Waals surface area (Å²) in [5.41, 5.74) is 4.99. The molecule has 3 aromatic rings. The van der Waals surface area contributed by atoms with E-state index in [-0.39, 0.29) is 11.9 Å². The maximum atomic E-state index is 12.4. The molecule has 3 rings (SSSR count). The van der Waals surface area contributed by atoms with Gasteiger partial charge in [0.15, 0.2) is 0 Å². The molecule has 0 bridgehead atoms. The monoisotopic (exact) mass is 350 g/mol. The predicted molar refractivity (Wildman–Crippen MR) is 102 cm³/mol. The van der Waals surface area contributed by atoms with Gasteiger partial charge >= 0.3 is 6.01 Å². The SMILES string of the molecule is Cc1ccc(Cc2nnc(NC(=O)c3cccc(N(C)C)c3)o2)c(C)c1. The predicted octanol–water partition coefficient (Wildman–Crippen LogP) is 3.60. The third-order valence-electron chi connectivity index (χ3n) is 4.15. The minimum Gasteiger partial charge on any atom is -0.407 e. The van der Waals surface area contributed by atoms with Crippen molar-refractivity contribution in [3.8, 4) is 0 Å². The zero-order valence-electron chi connectivity index (χ0n) is 15.4. The second-order valence-electron chi connectivity index (χ2n) is 6.51. The molecule has 0 unspecified atom stereocenters. The minimum atomic E-state index is -0.282. The lowest BCUT2D eigenvalue weighted by atomic mass is 10.0. The quantitative estimate of drug-likeness (QED) is 0.761. The summed E-state index contributed by atoms with van der Waals surface area (Å²) in [6.07, 6.45) is 0.533. The van der Waals surface area contributed by atoms with Gasteiger partial charge in [-0.15, -0.1) is 5.10 Å². The first kappa shape index (κ1) is 17.7. The fourth-order valence-electron chi connectivity index (χ4n) is 2.68. The van der Waals surface area contributed by atoms with E-state index in [1.54, 1.807) is 6.07 Å². The van der Waals surface area contributed by atoms with E-state index < -0.39 is 0 Å². The van der Waals surface area contributed by atoms with Crippen LogP contribution in [-0.2, 0) is 6.42 Å². The molecule has 0 spiro atoms. The van der Waals surface area contributed by atoms with Crippen molar-refractivity contribution >= 4 is 17.6 Å². The molecule has 6 heteroatoms. The Labute approximate surface area is 152 Å². The van der Waals surface area contributed by atoms with Crippen LogP contribution in [0.25, 0.3) is 0 Å². The number of carbonyl (C=O) groups excluding carboxylic acids is 1. The van der Waals surface area contributed by atoms with Crippen molar-refractivity contribution in [1.82, 2.24) is 10.2 Å². The van der Waals surface area contributed by atoms with E-state index in [9.17, 15) is 4.79 Å².